The van der Waals surface area contributed by atoms with Gasteiger partial charge in [-0.25, -0.2) is 24.0 Å². The Morgan fingerprint density at radius 1 is 1.36 bits per heavy atom. The largest absolute Gasteiger partial charge is 0.336 e. The molecule has 1 aliphatic carbocycles. The second kappa shape index (κ2) is 6.51. The Hall–Kier alpha value is -3.63. The quantitative estimate of drug-likeness (QED) is 0.527. The number of imide groups is 1. The van der Waals surface area contributed by atoms with Gasteiger partial charge in [0.2, 0.25) is 0 Å². The first-order valence-electron chi connectivity index (χ1n) is 9.17. The van der Waals surface area contributed by atoms with Crippen molar-refractivity contribution in [3.05, 3.63) is 35.9 Å². The van der Waals surface area contributed by atoms with Gasteiger partial charge >= 0.3 is 12.1 Å². The molecule has 2 fully saturated rings. The molecule has 11 nitrogen and oxygen atoms in total. The van der Waals surface area contributed by atoms with Crippen LogP contribution in [0.5, 0.6) is 0 Å². The molecule has 144 valence electrons. The van der Waals surface area contributed by atoms with Crippen LogP contribution in [-0.2, 0) is 6.54 Å². The van der Waals surface area contributed by atoms with Crippen LogP contribution < -0.4 is 16.0 Å². The van der Waals surface area contributed by atoms with Crippen LogP contribution in [0.4, 0.5) is 21.2 Å². The molecule has 0 radical (unpaired) electrons. The molecule has 3 aromatic heterocycles. The third-order valence-corrected chi connectivity index (χ3v) is 4.80. The molecule has 1 saturated carbocycles. The van der Waals surface area contributed by atoms with Gasteiger partial charge < -0.3 is 16.0 Å². The Morgan fingerprint density at radius 3 is 3.04 bits per heavy atom. The van der Waals surface area contributed by atoms with Crippen LogP contribution >= 0.6 is 0 Å². The number of nitrogens with one attached hydrogen (secondary N) is 4. The van der Waals surface area contributed by atoms with Gasteiger partial charge in [-0.2, -0.15) is 10.2 Å². The molecular weight excluding hydrogens is 362 g/mol. The highest BCUT2D eigenvalue weighted by molar-refractivity contribution is 5.94. The lowest BCUT2D eigenvalue weighted by atomic mass is 10.3. The smallest absolute Gasteiger partial charge is 0.325 e. The summed E-state index contributed by atoms with van der Waals surface area (Å²) in [5, 5.41) is 20.3. The van der Waals surface area contributed by atoms with Crippen molar-refractivity contribution < 1.29 is 9.59 Å². The van der Waals surface area contributed by atoms with E-state index in [2.05, 4.69) is 36.2 Å². The van der Waals surface area contributed by atoms with E-state index in [4.69, 9.17) is 0 Å². The molecule has 0 spiro atoms. The number of carbonyl (C=O) groups is 2. The van der Waals surface area contributed by atoms with E-state index in [1.165, 1.54) is 12.8 Å². The molecule has 28 heavy (non-hydrogen) atoms. The zero-order chi connectivity index (χ0) is 19.1. The summed E-state index contributed by atoms with van der Waals surface area (Å²) in [6, 6.07) is 4.89. The molecule has 0 unspecified atom stereocenters. The second-order valence-electron chi connectivity index (χ2n) is 6.86. The topological polar surface area (TPSA) is 132 Å². The number of aromatic amines is 1. The Morgan fingerprint density at radius 2 is 2.25 bits per heavy atom. The molecule has 2 aliphatic rings. The molecule has 4 heterocycles. The Bertz CT molecular complexity index is 1050. The zero-order valence-electron chi connectivity index (χ0n) is 15.0. The summed E-state index contributed by atoms with van der Waals surface area (Å²) in [6.07, 6.45) is 4.19. The van der Waals surface area contributed by atoms with E-state index in [0.29, 0.717) is 36.5 Å². The second-order valence-corrected chi connectivity index (χ2v) is 6.86. The molecule has 0 bridgehead atoms. The van der Waals surface area contributed by atoms with E-state index in [-0.39, 0.29) is 6.54 Å². The number of hydrogen-bond donors (Lipinski definition) is 4. The highest BCUT2D eigenvalue weighted by Crippen LogP contribution is 2.39. The van der Waals surface area contributed by atoms with Gasteiger partial charge in [-0.15, -0.1) is 0 Å². The van der Waals surface area contributed by atoms with Crippen molar-refractivity contribution in [1.82, 2.24) is 40.3 Å². The van der Waals surface area contributed by atoms with E-state index < -0.39 is 12.1 Å². The van der Waals surface area contributed by atoms with Crippen molar-refractivity contribution >= 4 is 29.2 Å². The maximum Gasteiger partial charge on any atom is 0.325 e. The summed E-state index contributed by atoms with van der Waals surface area (Å²) in [5.74, 6) is 2.27. The van der Waals surface area contributed by atoms with Gasteiger partial charge in [0.15, 0.2) is 17.5 Å². The number of amides is 4. The van der Waals surface area contributed by atoms with Crippen LogP contribution in [0.2, 0.25) is 0 Å². The molecule has 3 aromatic rings. The fourth-order valence-corrected chi connectivity index (χ4v) is 3.19. The van der Waals surface area contributed by atoms with Gasteiger partial charge in [0.05, 0.1) is 6.54 Å². The van der Waals surface area contributed by atoms with Crippen molar-refractivity contribution in [2.45, 2.75) is 25.3 Å². The highest BCUT2D eigenvalue weighted by Gasteiger charge is 2.27. The standard InChI is InChI=1S/C17H19N9O2/c27-16-18-5-7-25(16)17(28)19-9-14-21-15(12-2-1-6-26(12)24-14)20-13-8-11(22-23-13)10-3-4-10/h1-2,6,8,10H,3-5,7,9H2,(H,18,27)(H,19,28)(H2,20,21,22,23,24). The summed E-state index contributed by atoms with van der Waals surface area (Å²) < 4.78 is 1.69. The molecule has 5 rings (SSSR count). The maximum atomic E-state index is 12.2. The summed E-state index contributed by atoms with van der Waals surface area (Å²) in [5.41, 5.74) is 1.92. The lowest BCUT2D eigenvalue weighted by molar-refractivity contribution is 0.198. The zero-order valence-corrected chi connectivity index (χ0v) is 15.0. The number of rotatable bonds is 5. The van der Waals surface area contributed by atoms with E-state index in [9.17, 15) is 9.59 Å². The monoisotopic (exact) mass is 381 g/mol. The van der Waals surface area contributed by atoms with Crippen molar-refractivity contribution in [3.8, 4) is 0 Å². The number of fused-ring (bicyclic) bond motifs is 1. The molecule has 1 aliphatic heterocycles. The van der Waals surface area contributed by atoms with Crippen LogP contribution in [0.3, 0.4) is 0 Å². The molecule has 4 N–H and O–H groups in total. The van der Waals surface area contributed by atoms with Gasteiger partial charge in [0, 0.05) is 37.0 Å². The first-order valence-corrected chi connectivity index (χ1v) is 9.17. The van der Waals surface area contributed by atoms with E-state index in [1.807, 2.05) is 24.4 Å². The third-order valence-electron chi connectivity index (χ3n) is 4.80. The minimum absolute atomic E-state index is 0.0965. The number of anilines is 2. The van der Waals surface area contributed by atoms with Gasteiger partial charge in [-0.3, -0.25) is 5.10 Å². The average Bonchev–Trinajstić information content (AvgIpc) is 3.07. The van der Waals surface area contributed by atoms with Crippen LogP contribution in [0, 0.1) is 0 Å². The number of hydrogen-bond acceptors (Lipinski definition) is 6. The predicted molar refractivity (Wildman–Crippen MR) is 99.2 cm³/mol. The van der Waals surface area contributed by atoms with E-state index in [0.717, 1.165) is 16.1 Å². The number of urea groups is 2. The lowest BCUT2D eigenvalue weighted by Crippen LogP contribution is -2.41. The minimum Gasteiger partial charge on any atom is -0.336 e. The normalized spacial score (nSPS) is 16.4. The molecule has 4 amide bonds. The number of H-pyrrole nitrogens is 1. The summed E-state index contributed by atoms with van der Waals surface area (Å²) in [7, 11) is 0. The van der Waals surface area contributed by atoms with Gasteiger partial charge in [0.25, 0.3) is 0 Å². The van der Waals surface area contributed by atoms with Crippen LogP contribution in [-0.4, -0.2) is 54.8 Å². The van der Waals surface area contributed by atoms with Gasteiger partial charge in [-0.05, 0) is 25.0 Å². The molecule has 0 atom stereocenters. The molecular formula is C17H19N9O2. The van der Waals surface area contributed by atoms with Crippen LogP contribution in [0.15, 0.2) is 24.4 Å². The fraction of sp³-hybridized carbons (Fsp3) is 0.353. The molecule has 0 aromatic carbocycles. The van der Waals surface area contributed by atoms with Crippen molar-refractivity contribution in [2.75, 3.05) is 18.4 Å². The van der Waals surface area contributed by atoms with E-state index >= 15 is 0 Å². The Labute approximate surface area is 159 Å². The van der Waals surface area contributed by atoms with Crippen molar-refractivity contribution in [2.24, 2.45) is 0 Å². The number of aromatic nitrogens is 5. The minimum atomic E-state index is -0.470. The Kier molecular flexibility index (Phi) is 3.85. The first-order chi connectivity index (χ1) is 13.7. The molecule has 11 heteroatoms. The Balaban J connectivity index is 1.34. The van der Waals surface area contributed by atoms with Gasteiger partial charge in [0.1, 0.15) is 5.52 Å². The first kappa shape index (κ1) is 16.5. The van der Waals surface area contributed by atoms with Crippen molar-refractivity contribution in [1.29, 1.82) is 0 Å². The van der Waals surface area contributed by atoms with Crippen LogP contribution in [0.1, 0.15) is 30.3 Å². The summed E-state index contributed by atoms with van der Waals surface area (Å²) in [4.78, 5) is 29.4. The SMILES string of the molecule is O=C1NCCN1C(=O)NCc1nc(Nc2cc(C3CC3)[nH]n2)c2cccn2n1. The average molecular weight is 381 g/mol. The predicted octanol–water partition coefficient (Wildman–Crippen LogP) is 1.31. The van der Waals surface area contributed by atoms with Crippen LogP contribution in [0.25, 0.3) is 5.52 Å². The molecule has 1 saturated heterocycles. The maximum absolute atomic E-state index is 12.2. The fourth-order valence-electron chi connectivity index (χ4n) is 3.19. The number of carbonyl (C=O) groups excluding carboxylic acids is 2. The lowest BCUT2D eigenvalue weighted by Gasteiger charge is -2.13. The highest BCUT2D eigenvalue weighted by atomic mass is 16.2. The third kappa shape index (κ3) is 3.10. The summed E-state index contributed by atoms with van der Waals surface area (Å²) >= 11 is 0. The van der Waals surface area contributed by atoms with Gasteiger partial charge in [-0.1, -0.05) is 0 Å². The summed E-state index contributed by atoms with van der Waals surface area (Å²) in [6.45, 7) is 0.898. The number of nitrogens with zero attached hydrogens (tertiary/aromatic N) is 5. The van der Waals surface area contributed by atoms with Crippen molar-refractivity contribution in [3.63, 3.8) is 0 Å². The van der Waals surface area contributed by atoms with E-state index in [1.54, 1.807) is 4.52 Å².